The number of ketones is 1. The van der Waals surface area contributed by atoms with Crippen LogP contribution in [-0.4, -0.2) is 20.5 Å². The summed E-state index contributed by atoms with van der Waals surface area (Å²) < 4.78 is 26.4. The third-order valence-corrected chi connectivity index (χ3v) is 2.78. The Balaban J connectivity index is 2.20. The number of thiazole rings is 1. The molecule has 80 valence electrons. The Morgan fingerprint density at radius 2 is 2.40 bits per heavy atom. The second kappa shape index (κ2) is 3.53. The third kappa shape index (κ3) is 2.15. The lowest BCUT2D eigenvalue weighted by Gasteiger charge is -2.03. The number of hydrogen-bond acceptors (Lipinski definition) is 3. The Morgan fingerprint density at radius 1 is 1.67 bits per heavy atom. The molecule has 0 unspecified atom stereocenters. The summed E-state index contributed by atoms with van der Waals surface area (Å²) in [6.07, 6.45) is 2.82. The lowest BCUT2D eigenvalue weighted by Crippen LogP contribution is -2.23. The fraction of sp³-hybridized carbons (Fsp3) is 0.250. The van der Waals surface area contributed by atoms with Gasteiger partial charge >= 0.3 is 5.38 Å². The summed E-state index contributed by atoms with van der Waals surface area (Å²) >= 11 is 5.95. The molecule has 0 aliphatic carbocycles. The first kappa shape index (κ1) is 10.5. The van der Waals surface area contributed by atoms with E-state index in [0.29, 0.717) is 10.7 Å². The van der Waals surface area contributed by atoms with E-state index in [1.165, 1.54) is 17.5 Å². The molecule has 0 atom stereocenters. The zero-order valence-corrected chi connectivity index (χ0v) is 8.86. The Labute approximate surface area is 92.3 Å². The highest BCUT2D eigenvalue weighted by atomic mass is 35.5. The van der Waals surface area contributed by atoms with Crippen molar-refractivity contribution in [3.8, 4) is 0 Å². The topological polar surface area (TPSA) is 34.4 Å². The van der Waals surface area contributed by atoms with E-state index in [4.69, 9.17) is 0 Å². The maximum absolute atomic E-state index is 12.4. The molecule has 0 saturated heterocycles. The fourth-order valence-corrected chi connectivity index (χ4v) is 1.91. The van der Waals surface area contributed by atoms with Gasteiger partial charge in [0.1, 0.15) is 0 Å². The molecule has 0 aliphatic rings. The number of alkyl halides is 3. The van der Waals surface area contributed by atoms with E-state index in [9.17, 15) is 13.6 Å². The summed E-state index contributed by atoms with van der Waals surface area (Å²) in [7, 11) is 0. The summed E-state index contributed by atoms with van der Waals surface area (Å²) in [6.45, 7) is 0. The molecule has 0 aromatic carbocycles. The van der Waals surface area contributed by atoms with Gasteiger partial charge in [-0.2, -0.15) is 8.78 Å². The number of imidazole rings is 1. The van der Waals surface area contributed by atoms with Crippen molar-refractivity contribution in [1.29, 1.82) is 0 Å². The van der Waals surface area contributed by atoms with Gasteiger partial charge in [-0.05, 0) is 11.6 Å². The van der Waals surface area contributed by atoms with Crippen molar-refractivity contribution >= 4 is 33.7 Å². The summed E-state index contributed by atoms with van der Waals surface area (Å²) in [5, 5.41) is -2.00. The highest BCUT2D eigenvalue weighted by molar-refractivity contribution is 7.15. The van der Waals surface area contributed by atoms with Gasteiger partial charge in [0.15, 0.2) is 4.96 Å². The number of halogens is 3. The van der Waals surface area contributed by atoms with Crippen LogP contribution in [0.5, 0.6) is 0 Å². The Kier molecular flexibility index (Phi) is 2.47. The Morgan fingerprint density at radius 3 is 3.00 bits per heavy atom. The molecule has 0 N–H and O–H groups in total. The van der Waals surface area contributed by atoms with E-state index in [1.54, 1.807) is 10.6 Å². The smallest absolute Gasteiger partial charge is 0.297 e. The van der Waals surface area contributed by atoms with Crippen molar-refractivity contribution < 1.29 is 13.6 Å². The second-order valence-electron chi connectivity index (χ2n) is 2.92. The Bertz CT molecular complexity index is 473. The monoisotopic (exact) mass is 250 g/mol. The lowest BCUT2D eigenvalue weighted by molar-refractivity contribution is -0.132. The first-order chi connectivity index (χ1) is 6.97. The minimum Gasteiger partial charge on any atom is -0.297 e. The maximum Gasteiger partial charge on any atom is 0.380 e. The zero-order valence-electron chi connectivity index (χ0n) is 7.28. The number of Topliss-reactive ketones (excluding diaryl/α,β-unsaturated/α-hetero) is 1. The summed E-state index contributed by atoms with van der Waals surface area (Å²) in [5.74, 6) is -1.34. The van der Waals surface area contributed by atoms with Gasteiger partial charge in [0.25, 0.3) is 0 Å². The van der Waals surface area contributed by atoms with E-state index in [0.717, 1.165) is 0 Å². The molecule has 0 saturated carbocycles. The molecule has 7 heteroatoms. The van der Waals surface area contributed by atoms with Gasteiger partial charge < -0.3 is 0 Å². The van der Waals surface area contributed by atoms with Crippen molar-refractivity contribution in [2.45, 2.75) is 11.8 Å². The molecule has 0 bridgehead atoms. The van der Waals surface area contributed by atoms with E-state index in [-0.39, 0.29) is 0 Å². The van der Waals surface area contributed by atoms with Crippen LogP contribution < -0.4 is 0 Å². The van der Waals surface area contributed by atoms with Gasteiger partial charge in [-0.15, -0.1) is 11.3 Å². The molecule has 0 fully saturated rings. The molecule has 0 amide bonds. The highest BCUT2D eigenvalue weighted by Gasteiger charge is 2.35. The van der Waals surface area contributed by atoms with Crippen molar-refractivity contribution in [3.05, 3.63) is 23.5 Å². The highest BCUT2D eigenvalue weighted by Crippen LogP contribution is 2.22. The number of fused-ring (bicyclic) bond motifs is 1. The van der Waals surface area contributed by atoms with Crippen molar-refractivity contribution in [2.75, 3.05) is 0 Å². The van der Waals surface area contributed by atoms with Crippen LogP contribution in [-0.2, 0) is 11.2 Å². The molecule has 15 heavy (non-hydrogen) atoms. The first-order valence-electron chi connectivity index (χ1n) is 3.98. The number of carbonyl (C=O) groups excluding carboxylic acids is 1. The summed E-state index contributed by atoms with van der Waals surface area (Å²) in [4.78, 5) is 15.6. The number of rotatable bonds is 3. The first-order valence-corrected chi connectivity index (χ1v) is 5.23. The molecular weight excluding hydrogens is 246 g/mol. The number of aromatic nitrogens is 2. The quantitative estimate of drug-likeness (QED) is 0.784. The maximum atomic E-state index is 12.4. The molecule has 2 rings (SSSR count). The molecular formula is C8H5ClF2N2OS. The SMILES string of the molecule is O=C(Cc1cn2ccsc2n1)C(F)(F)Cl. The van der Waals surface area contributed by atoms with Crippen molar-refractivity contribution in [2.24, 2.45) is 0 Å². The molecule has 2 aromatic heterocycles. The van der Waals surface area contributed by atoms with Crippen LogP contribution >= 0.6 is 22.9 Å². The van der Waals surface area contributed by atoms with Crippen LogP contribution in [0.1, 0.15) is 5.69 Å². The average Bonchev–Trinajstić information content (AvgIpc) is 2.61. The van der Waals surface area contributed by atoms with Gasteiger partial charge in [0.05, 0.1) is 12.1 Å². The van der Waals surface area contributed by atoms with Crippen molar-refractivity contribution in [3.63, 3.8) is 0 Å². The standard InChI is InChI=1S/C8H5ClF2N2OS/c9-8(10,11)6(14)3-5-4-13-1-2-15-7(13)12-5/h1-2,4H,3H2. The van der Waals surface area contributed by atoms with Crippen LogP contribution in [0.25, 0.3) is 4.96 Å². The predicted octanol–water partition coefficient (Wildman–Crippen LogP) is 2.34. The van der Waals surface area contributed by atoms with Crippen molar-refractivity contribution in [1.82, 2.24) is 9.38 Å². The Hall–Kier alpha value is -1.01. The van der Waals surface area contributed by atoms with Crippen LogP contribution in [0, 0.1) is 0 Å². The minimum atomic E-state index is -3.81. The van der Waals surface area contributed by atoms with E-state index in [2.05, 4.69) is 16.6 Å². The normalized spacial score (nSPS) is 12.2. The van der Waals surface area contributed by atoms with E-state index < -0.39 is 17.6 Å². The number of carbonyl (C=O) groups is 1. The third-order valence-electron chi connectivity index (χ3n) is 1.80. The van der Waals surface area contributed by atoms with E-state index in [1.807, 2.05) is 5.38 Å². The van der Waals surface area contributed by atoms with Crippen LogP contribution in [0.15, 0.2) is 17.8 Å². The molecule has 2 heterocycles. The van der Waals surface area contributed by atoms with Gasteiger partial charge in [0.2, 0.25) is 5.78 Å². The average molecular weight is 251 g/mol. The van der Waals surface area contributed by atoms with Gasteiger partial charge in [0, 0.05) is 17.8 Å². The van der Waals surface area contributed by atoms with E-state index >= 15 is 0 Å². The van der Waals surface area contributed by atoms with Crippen LogP contribution in [0.3, 0.4) is 0 Å². The predicted molar refractivity (Wildman–Crippen MR) is 52.6 cm³/mol. The summed E-state index contributed by atoms with van der Waals surface area (Å²) in [5.41, 5.74) is 0.298. The fourth-order valence-electron chi connectivity index (χ4n) is 1.13. The van der Waals surface area contributed by atoms with Crippen LogP contribution in [0.4, 0.5) is 8.78 Å². The van der Waals surface area contributed by atoms with Crippen LogP contribution in [0.2, 0.25) is 0 Å². The van der Waals surface area contributed by atoms with Gasteiger partial charge in [-0.1, -0.05) is 0 Å². The minimum absolute atomic E-state index is 0.298. The molecule has 3 nitrogen and oxygen atoms in total. The number of nitrogens with zero attached hydrogens (tertiary/aromatic N) is 2. The molecule has 2 aromatic rings. The zero-order chi connectivity index (χ0) is 11.1. The summed E-state index contributed by atoms with van der Waals surface area (Å²) in [6, 6.07) is 0. The second-order valence-corrected chi connectivity index (χ2v) is 4.27. The largest absolute Gasteiger partial charge is 0.380 e. The molecule has 0 radical (unpaired) electrons. The van der Waals surface area contributed by atoms with Gasteiger partial charge in [-0.25, -0.2) is 4.98 Å². The molecule has 0 aliphatic heterocycles. The molecule has 0 spiro atoms. The van der Waals surface area contributed by atoms with Gasteiger partial charge in [-0.3, -0.25) is 9.20 Å². The number of hydrogen-bond donors (Lipinski definition) is 0. The lowest BCUT2D eigenvalue weighted by atomic mass is 10.2.